The Kier molecular flexibility index (Phi) is 6.10. The van der Waals surface area contributed by atoms with Gasteiger partial charge in [-0.3, -0.25) is 0 Å². The summed E-state index contributed by atoms with van der Waals surface area (Å²) in [7, 11) is 0. The lowest BCUT2D eigenvalue weighted by Crippen LogP contribution is -2.30. The lowest BCUT2D eigenvalue weighted by atomic mass is 9.73. The lowest BCUT2D eigenvalue weighted by Gasteiger charge is -2.42. The van der Waals surface area contributed by atoms with Crippen LogP contribution in [-0.4, -0.2) is 15.0 Å². The summed E-state index contributed by atoms with van der Waals surface area (Å²) in [5.74, 6) is 1.76. The highest BCUT2D eigenvalue weighted by molar-refractivity contribution is 5.86. The van der Waals surface area contributed by atoms with Gasteiger partial charge in [0.05, 0.1) is 23.0 Å². The van der Waals surface area contributed by atoms with E-state index in [1.54, 1.807) is 12.1 Å². The van der Waals surface area contributed by atoms with Gasteiger partial charge in [-0.1, -0.05) is 80.6 Å². The molecule has 0 radical (unpaired) electrons. The highest BCUT2D eigenvalue weighted by atomic mass is 15.2. The average Bonchev–Trinajstić information content (AvgIpc) is 3.05. The highest BCUT2D eigenvalue weighted by Gasteiger charge is 2.36. The van der Waals surface area contributed by atoms with Crippen molar-refractivity contribution < 1.29 is 0 Å². The Hall–Kier alpha value is -5.60. The third-order valence-electron chi connectivity index (χ3n) is 7.96. The molecule has 6 aromatic rings. The van der Waals surface area contributed by atoms with Gasteiger partial charge in [-0.15, -0.1) is 0 Å². The summed E-state index contributed by atoms with van der Waals surface area (Å²) in [5, 5.41) is 9.24. The number of para-hydroxylation sites is 2. The van der Waals surface area contributed by atoms with E-state index in [0.29, 0.717) is 23.0 Å². The Morgan fingerprint density at radius 2 is 0.952 bits per heavy atom. The Bertz CT molecular complexity index is 1900. The van der Waals surface area contributed by atoms with Gasteiger partial charge in [0.25, 0.3) is 0 Å². The number of rotatable bonds is 4. The number of aromatic nitrogens is 3. The van der Waals surface area contributed by atoms with E-state index < -0.39 is 0 Å². The molecule has 0 amide bonds. The molecule has 0 aliphatic carbocycles. The zero-order valence-corrected chi connectivity index (χ0v) is 23.4. The summed E-state index contributed by atoms with van der Waals surface area (Å²) in [6.45, 7) is 4.59. The van der Waals surface area contributed by atoms with Gasteiger partial charge in [0.2, 0.25) is 0 Å². The number of anilines is 3. The van der Waals surface area contributed by atoms with Crippen molar-refractivity contribution in [1.29, 1.82) is 5.26 Å². The summed E-state index contributed by atoms with van der Waals surface area (Å²) in [5.41, 5.74) is 9.15. The van der Waals surface area contributed by atoms with E-state index in [1.165, 1.54) is 22.5 Å². The molecular formula is C37H27N5. The molecule has 1 aliphatic rings. The summed E-state index contributed by atoms with van der Waals surface area (Å²) in [4.78, 5) is 16.9. The van der Waals surface area contributed by atoms with Gasteiger partial charge >= 0.3 is 0 Å². The molecule has 0 fully saturated rings. The fraction of sp³-hybridized carbons (Fsp3) is 0.0811. The fourth-order valence-corrected chi connectivity index (χ4v) is 5.75. The van der Waals surface area contributed by atoms with Crippen LogP contribution < -0.4 is 4.90 Å². The van der Waals surface area contributed by atoms with Crippen LogP contribution in [0.2, 0.25) is 0 Å². The molecule has 5 nitrogen and oxygen atoms in total. The second-order valence-corrected chi connectivity index (χ2v) is 10.9. The van der Waals surface area contributed by atoms with E-state index in [1.807, 2.05) is 42.5 Å². The molecule has 0 saturated heterocycles. The summed E-state index contributed by atoms with van der Waals surface area (Å²) in [6.07, 6.45) is 0. The Balaban J connectivity index is 1.33. The molecule has 0 unspecified atom stereocenters. The largest absolute Gasteiger partial charge is 0.310 e. The van der Waals surface area contributed by atoms with Crippen molar-refractivity contribution in [2.75, 3.05) is 4.90 Å². The van der Waals surface area contributed by atoms with Crippen LogP contribution in [0.5, 0.6) is 0 Å². The van der Waals surface area contributed by atoms with Crippen molar-refractivity contribution in [2.45, 2.75) is 19.3 Å². The minimum Gasteiger partial charge on any atom is -0.310 e. The number of fused-ring (bicyclic) bond motifs is 2. The zero-order chi connectivity index (χ0) is 28.7. The summed E-state index contributed by atoms with van der Waals surface area (Å²) >= 11 is 0. The molecule has 2 heterocycles. The van der Waals surface area contributed by atoms with Crippen molar-refractivity contribution in [3.05, 3.63) is 144 Å². The van der Waals surface area contributed by atoms with Crippen molar-refractivity contribution in [1.82, 2.24) is 15.0 Å². The summed E-state index contributed by atoms with van der Waals surface area (Å²) in [6, 6.07) is 45.1. The van der Waals surface area contributed by atoms with Gasteiger partial charge < -0.3 is 4.90 Å². The van der Waals surface area contributed by atoms with E-state index in [4.69, 9.17) is 15.0 Å². The average molecular weight is 542 g/mol. The smallest absolute Gasteiger partial charge is 0.164 e. The van der Waals surface area contributed by atoms with Gasteiger partial charge in [-0.05, 0) is 71.8 Å². The third kappa shape index (κ3) is 4.31. The zero-order valence-electron chi connectivity index (χ0n) is 23.4. The Morgan fingerprint density at radius 3 is 1.45 bits per heavy atom. The van der Waals surface area contributed by atoms with Crippen LogP contribution in [0.25, 0.3) is 34.2 Å². The molecule has 7 rings (SSSR count). The quantitative estimate of drug-likeness (QED) is 0.223. The van der Waals surface area contributed by atoms with E-state index in [2.05, 4.69) is 97.6 Å². The molecule has 0 N–H and O–H groups in total. The summed E-state index contributed by atoms with van der Waals surface area (Å²) < 4.78 is 0. The first-order valence-electron chi connectivity index (χ1n) is 13.9. The first-order valence-corrected chi connectivity index (χ1v) is 13.9. The monoisotopic (exact) mass is 541 g/mol. The maximum atomic E-state index is 9.24. The fourth-order valence-electron chi connectivity index (χ4n) is 5.75. The van der Waals surface area contributed by atoms with Gasteiger partial charge in [-0.25, -0.2) is 15.0 Å². The first-order chi connectivity index (χ1) is 20.5. The lowest BCUT2D eigenvalue weighted by molar-refractivity contribution is 0.632. The van der Waals surface area contributed by atoms with Crippen LogP contribution >= 0.6 is 0 Å². The third-order valence-corrected chi connectivity index (χ3v) is 7.96. The van der Waals surface area contributed by atoms with Gasteiger partial charge in [0, 0.05) is 27.8 Å². The van der Waals surface area contributed by atoms with Crippen molar-refractivity contribution in [2.24, 2.45) is 0 Å². The minimum atomic E-state index is -0.107. The second-order valence-electron chi connectivity index (χ2n) is 10.9. The standard InChI is InChI=1S/C37H27N5/c1-37(2)30-12-6-8-14-32(30)42(33-15-9-7-13-31(33)37)29-22-20-28(21-23-29)36-40-34(26-10-4-3-5-11-26)39-35(41-36)27-18-16-25(24-38)17-19-27/h3-23H,1-2H3. The topological polar surface area (TPSA) is 65.7 Å². The van der Waals surface area contributed by atoms with E-state index in [9.17, 15) is 5.26 Å². The van der Waals surface area contributed by atoms with Crippen LogP contribution in [0.1, 0.15) is 30.5 Å². The van der Waals surface area contributed by atoms with Gasteiger partial charge in [-0.2, -0.15) is 5.26 Å². The van der Waals surface area contributed by atoms with Crippen LogP contribution in [0.4, 0.5) is 17.1 Å². The normalized spacial score (nSPS) is 13.1. The van der Waals surface area contributed by atoms with E-state index in [0.717, 1.165) is 22.4 Å². The molecule has 1 aliphatic heterocycles. The molecular weight excluding hydrogens is 514 g/mol. The predicted molar refractivity (Wildman–Crippen MR) is 168 cm³/mol. The SMILES string of the molecule is CC1(C)c2ccccc2N(c2ccc(-c3nc(-c4ccccc4)nc(-c4ccc(C#N)cc4)n3)cc2)c2ccccc21. The van der Waals surface area contributed by atoms with Crippen LogP contribution in [0.3, 0.4) is 0 Å². The molecule has 0 saturated carbocycles. The van der Waals surface area contributed by atoms with E-state index >= 15 is 0 Å². The first kappa shape index (κ1) is 25.4. The number of nitrogens with zero attached hydrogens (tertiary/aromatic N) is 5. The van der Waals surface area contributed by atoms with Crippen molar-refractivity contribution >= 4 is 17.1 Å². The molecule has 200 valence electrons. The van der Waals surface area contributed by atoms with Crippen LogP contribution in [-0.2, 0) is 5.41 Å². The molecule has 0 bridgehead atoms. The van der Waals surface area contributed by atoms with Gasteiger partial charge in [0.15, 0.2) is 17.5 Å². The predicted octanol–water partition coefficient (Wildman–Crippen LogP) is 8.85. The second kappa shape index (κ2) is 10.1. The van der Waals surface area contributed by atoms with E-state index in [-0.39, 0.29) is 5.41 Å². The van der Waals surface area contributed by atoms with Gasteiger partial charge in [0.1, 0.15) is 0 Å². The number of benzene rings is 5. The molecule has 5 heteroatoms. The number of hydrogen-bond acceptors (Lipinski definition) is 5. The molecule has 5 aromatic carbocycles. The minimum absolute atomic E-state index is 0.107. The molecule has 1 aromatic heterocycles. The Morgan fingerprint density at radius 1 is 0.524 bits per heavy atom. The maximum absolute atomic E-state index is 9.24. The highest BCUT2D eigenvalue weighted by Crippen LogP contribution is 2.51. The number of hydrogen-bond donors (Lipinski definition) is 0. The van der Waals surface area contributed by atoms with Crippen LogP contribution in [0, 0.1) is 11.3 Å². The van der Waals surface area contributed by atoms with Crippen molar-refractivity contribution in [3.63, 3.8) is 0 Å². The Labute approximate surface area is 245 Å². The van der Waals surface area contributed by atoms with Crippen LogP contribution in [0.15, 0.2) is 127 Å². The van der Waals surface area contributed by atoms with Crippen molar-refractivity contribution in [3.8, 4) is 40.2 Å². The maximum Gasteiger partial charge on any atom is 0.164 e. The molecule has 0 spiro atoms. The molecule has 42 heavy (non-hydrogen) atoms. The molecule has 0 atom stereocenters. The number of nitriles is 1.